The third kappa shape index (κ3) is 4.87. The van der Waals surface area contributed by atoms with Crippen LogP contribution in [0.3, 0.4) is 0 Å². The third-order valence-corrected chi connectivity index (χ3v) is 6.15. The highest BCUT2D eigenvalue weighted by Gasteiger charge is 2.30. The molecule has 10 heteroatoms. The van der Waals surface area contributed by atoms with Crippen LogP contribution in [-0.4, -0.2) is 21.8 Å². The zero-order chi connectivity index (χ0) is 23.7. The summed E-state index contributed by atoms with van der Waals surface area (Å²) in [5, 5.41) is 5.81. The topological polar surface area (TPSA) is 119 Å². The molecule has 8 nitrogen and oxygen atoms in total. The minimum absolute atomic E-state index is 0.0246. The van der Waals surface area contributed by atoms with Crippen LogP contribution in [0.2, 0.25) is 0 Å². The number of nitrogens with one attached hydrogen (secondary N) is 2. The molecule has 0 bridgehead atoms. The fourth-order valence-electron chi connectivity index (χ4n) is 3.27. The van der Waals surface area contributed by atoms with Crippen molar-refractivity contribution in [3.63, 3.8) is 0 Å². The van der Waals surface area contributed by atoms with E-state index in [1.807, 2.05) is 6.07 Å². The van der Waals surface area contributed by atoms with Gasteiger partial charge in [-0.1, -0.05) is 41.7 Å². The molecule has 0 saturated heterocycles. The molecular formula is C24H20FN5O3S. The molecule has 0 aliphatic heterocycles. The highest BCUT2D eigenvalue weighted by Crippen LogP contribution is 2.33. The first-order chi connectivity index (χ1) is 16.5. The van der Waals surface area contributed by atoms with Gasteiger partial charge in [0.1, 0.15) is 28.0 Å². The van der Waals surface area contributed by atoms with E-state index in [1.54, 1.807) is 36.4 Å². The third-order valence-electron chi connectivity index (χ3n) is 5.27. The summed E-state index contributed by atoms with van der Waals surface area (Å²) in [6.45, 7) is 0. The molecule has 5 rings (SSSR count). The normalized spacial score (nSPS) is 13.9. The Balaban J connectivity index is 1.30. The number of hydrogen-bond acceptors (Lipinski definition) is 7. The average Bonchev–Trinajstić information content (AvgIpc) is 3.62. The largest absolute Gasteiger partial charge is 0.439 e. The molecule has 1 unspecified atom stereocenters. The Hall–Kier alpha value is -3.89. The number of hydrogen-bond donors (Lipinski definition) is 3. The summed E-state index contributed by atoms with van der Waals surface area (Å²) >= 11 is 1.25. The molecule has 4 aromatic rings. The Morgan fingerprint density at radius 3 is 2.62 bits per heavy atom. The van der Waals surface area contributed by atoms with Crippen molar-refractivity contribution in [1.82, 2.24) is 9.97 Å². The van der Waals surface area contributed by atoms with E-state index in [4.69, 9.17) is 10.5 Å². The molecule has 2 aromatic heterocycles. The van der Waals surface area contributed by atoms with Gasteiger partial charge in [0.05, 0.1) is 5.69 Å². The first-order valence-corrected chi connectivity index (χ1v) is 11.4. The molecule has 2 aromatic carbocycles. The van der Waals surface area contributed by atoms with Gasteiger partial charge >= 0.3 is 0 Å². The molecule has 4 N–H and O–H groups in total. The lowest BCUT2D eigenvalue weighted by molar-refractivity contribution is -0.118. The Labute approximate surface area is 198 Å². The molecule has 1 aliphatic rings. The van der Waals surface area contributed by atoms with Crippen molar-refractivity contribution in [3.8, 4) is 11.6 Å². The summed E-state index contributed by atoms with van der Waals surface area (Å²) in [7, 11) is 0. The van der Waals surface area contributed by atoms with Crippen LogP contribution >= 0.6 is 11.3 Å². The Morgan fingerprint density at radius 2 is 1.85 bits per heavy atom. The first kappa shape index (κ1) is 21.9. The fraction of sp³-hybridized carbons (Fsp3) is 0.167. The van der Waals surface area contributed by atoms with E-state index in [2.05, 4.69) is 20.6 Å². The second-order valence-corrected chi connectivity index (χ2v) is 8.86. The van der Waals surface area contributed by atoms with Gasteiger partial charge in [-0.2, -0.15) is 0 Å². The summed E-state index contributed by atoms with van der Waals surface area (Å²) in [5.41, 5.74) is 7.18. The molecular weight excluding hydrogens is 457 g/mol. The number of fused-ring (bicyclic) bond motifs is 1. The number of carbonyl (C=O) groups is 2. The number of ether oxygens (including phenoxy) is 1. The van der Waals surface area contributed by atoms with E-state index < -0.39 is 17.8 Å². The number of nitrogens with two attached hydrogens (primary N) is 1. The number of halogens is 1. The van der Waals surface area contributed by atoms with Crippen molar-refractivity contribution in [2.45, 2.75) is 18.9 Å². The maximum absolute atomic E-state index is 14.3. The molecule has 34 heavy (non-hydrogen) atoms. The van der Waals surface area contributed by atoms with Gasteiger partial charge in [0.25, 0.3) is 0 Å². The monoisotopic (exact) mass is 477 g/mol. The van der Waals surface area contributed by atoms with E-state index in [-0.39, 0.29) is 29.1 Å². The van der Waals surface area contributed by atoms with E-state index in [0.29, 0.717) is 21.0 Å². The van der Waals surface area contributed by atoms with Gasteiger partial charge in [-0.05, 0) is 36.6 Å². The van der Waals surface area contributed by atoms with Gasteiger partial charge in [-0.3, -0.25) is 9.59 Å². The number of amides is 2. The number of benzene rings is 2. The Bertz CT molecular complexity index is 1370. The summed E-state index contributed by atoms with van der Waals surface area (Å²) in [4.78, 5) is 33.9. The summed E-state index contributed by atoms with van der Waals surface area (Å²) in [6, 6.07) is 15.2. The highest BCUT2D eigenvalue weighted by atomic mass is 32.1. The molecule has 0 spiro atoms. The number of nitrogens with zero attached hydrogens (tertiary/aromatic N) is 2. The van der Waals surface area contributed by atoms with Crippen LogP contribution in [0.4, 0.5) is 15.2 Å². The number of aromatic nitrogens is 2. The Morgan fingerprint density at radius 1 is 1.06 bits per heavy atom. The van der Waals surface area contributed by atoms with E-state index >= 15 is 0 Å². The van der Waals surface area contributed by atoms with E-state index in [1.165, 1.54) is 29.5 Å². The van der Waals surface area contributed by atoms with Gasteiger partial charge in [-0.15, -0.1) is 0 Å². The van der Waals surface area contributed by atoms with Crippen molar-refractivity contribution in [2.75, 3.05) is 10.6 Å². The SMILES string of the molecule is NC(C(=O)Nc1cc(Oc2ccc3nc(NC(=O)C4CC4)sc3n2)ccc1F)c1ccccc1. The molecule has 2 heterocycles. The number of anilines is 2. The smallest absolute Gasteiger partial charge is 0.245 e. The van der Waals surface area contributed by atoms with E-state index in [0.717, 1.165) is 12.8 Å². The van der Waals surface area contributed by atoms with Crippen LogP contribution < -0.4 is 21.1 Å². The number of carbonyl (C=O) groups excluding carboxylic acids is 2. The van der Waals surface area contributed by atoms with Crippen molar-refractivity contribution in [1.29, 1.82) is 0 Å². The molecule has 172 valence electrons. The summed E-state index contributed by atoms with van der Waals surface area (Å²) in [5.74, 6) is -0.572. The van der Waals surface area contributed by atoms with Crippen molar-refractivity contribution < 1.29 is 18.7 Å². The lowest BCUT2D eigenvalue weighted by Gasteiger charge is -2.14. The van der Waals surface area contributed by atoms with Crippen LogP contribution in [0.15, 0.2) is 60.7 Å². The molecule has 1 atom stereocenters. The van der Waals surface area contributed by atoms with Crippen molar-refractivity contribution >= 4 is 44.3 Å². The maximum atomic E-state index is 14.3. The number of thiazole rings is 1. The van der Waals surface area contributed by atoms with Crippen LogP contribution in [0, 0.1) is 11.7 Å². The minimum Gasteiger partial charge on any atom is -0.439 e. The molecule has 1 fully saturated rings. The second kappa shape index (κ2) is 9.16. The van der Waals surface area contributed by atoms with Crippen molar-refractivity contribution in [2.24, 2.45) is 11.7 Å². The van der Waals surface area contributed by atoms with Crippen LogP contribution in [0.25, 0.3) is 10.3 Å². The molecule has 0 radical (unpaired) electrons. The fourth-order valence-corrected chi connectivity index (χ4v) is 4.10. The first-order valence-electron chi connectivity index (χ1n) is 10.6. The van der Waals surface area contributed by atoms with Gasteiger partial charge in [0.2, 0.25) is 17.7 Å². The second-order valence-electron chi connectivity index (χ2n) is 7.88. The lowest BCUT2D eigenvalue weighted by Crippen LogP contribution is -2.28. The van der Waals surface area contributed by atoms with Gasteiger partial charge in [0, 0.05) is 18.1 Å². The standard InChI is InChI=1S/C24H20FN5O3S/c25-16-9-8-15(12-18(16)27-22(32)20(26)13-4-2-1-3-5-13)33-19-11-10-17-23(29-19)34-24(28-17)30-21(31)14-6-7-14/h1-5,8-12,14,20H,6-7,26H2,(H,27,32)(H,28,30,31). The number of pyridine rings is 1. The zero-order valence-electron chi connectivity index (χ0n) is 17.8. The van der Waals surface area contributed by atoms with Gasteiger partial charge < -0.3 is 21.1 Å². The maximum Gasteiger partial charge on any atom is 0.245 e. The van der Waals surface area contributed by atoms with Gasteiger partial charge in [-0.25, -0.2) is 14.4 Å². The summed E-state index contributed by atoms with van der Waals surface area (Å²) in [6.07, 6.45) is 1.82. The van der Waals surface area contributed by atoms with Crippen LogP contribution in [-0.2, 0) is 9.59 Å². The van der Waals surface area contributed by atoms with Crippen molar-refractivity contribution in [3.05, 3.63) is 72.0 Å². The molecule has 1 saturated carbocycles. The minimum atomic E-state index is -0.949. The highest BCUT2D eigenvalue weighted by molar-refractivity contribution is 7.21. The van der Waals surface area contributed by atoms with Gasteiger partial charge in [0.15, 0.2) is 5.13 Å². The average molecular weight is 478 g/mol. The van der Waals surface area contributed by atoms with E-state index in [9.17, 15) is 14.0 Å². The Kier molecular flexibility index (Phi) is 5.91. The quantitative estimate of drug-likeness (QED) is 0.358. The number of rotatable bonds is 7. The molecule has 1 aliphatic carbocycles. The van der Waals surface area contributed by atoms with Crippen LogP contribution in [0.1, 0.15) is 24.4 Å². The zero-order valence-corrected chi connectivity index (χ0v) is 18.6. The predicted molar refractivity (Wildman–Crippen MR) is 127 cm³/mol. The van der Waals surface area contributed by atoms with Crippen LogP contribution in [0.5, 0.6) is 11.6 Å². The lowest BCUT2D eigenvalue weighted by atomic mass is 10.1. The predicted octanol–water partition coefficient (Wildman–Crippen LogP) is 4.61. The summed E-state index contributed by atoms with van der Waals surface area (Å²) < 4.78 is 20.1. The molecule has 2 amide bonds.